The summed E-state index contributed by atoms with van der Waals surface area (Å²) in [6.07, 6.45) is 2.43. The lowest BCUT2D eigenvalue weighted by Crippen LogP contribution is -2.44. The summed E-state index contributed by atoms with van der Waals surface area (Å²) in [5, 5.41) is 6.34. The van der Waals surface area contributed by atoms with Crippen molar-refractivity contribution in [3.63, 3.8) is 0 Å². The van der Waals surface area contributed by atoms with Gasteiger partial charge in [-0.15, -0.1) is 24.0 Å². The van der Waals surface area contributed by atoms with Crippen molar-refractivity contribution >= 4 is 35.8 Å². The van der Waals surface area contributed by atoms with E-state index in [0.717, 1.165) is 43.6 Å². The molecule has 27 heavy (non-hydrogen) atoms. The van der Waals surface area contributed by atoms with E-state index in [4.69, 9.17) is 4.74 Å². The van der Waals surface area contributed by atoms with E-state index in [2.05, 4.69) is 33.8 Å². The summed E-state index contributed by atoms with van der Waals surface area (Å²) >= 11 is 0. The number of halogens is 1. The highest BCUT2D eigenvalue weighted by Gasteiger charge is 2.17. The number of carbonyl (C=O) groups excluding carboxylic acids is 1. The molecule has 2 N–H and O–H groups in total. The zero-order valence-electron chi connectivity index (χ0n) is 16.7. The summed E-state index contributed by atoms with van der Waals surface area (Å²) in [4.78, 5) is 18.7. The fraction of sp³-hybridized carbons (Fsp3) is 0.600. The van der Waals surface area contributed by atoms with Crippen LogP contribution in [0, 0.1) is 0 Å². The number of hydrogen-bond donors (Lipinski definition) is 2. The molecule has 1 aromatic carbocycles. The number of nitrogens with zero attached hydrogens (tertiary/aromatic N) is 2. The molecule has 0 unspecified atom stereocenters. The second kappa shape index (κ2) is 12.9. The Morgan fingerprint density at radius 3 is 2.59 bits per heavy atom. The Labute approximate surface area is 180 Å². The first-order chi connectivity index (χ1) is 12.6. The van der Waals surface area contributed by atoms with Crippen LogP contribution in [0.4, 0.5) is 0 Å². The Kier molecular flexibility index (Phi) is 11.3. The molecule has 0 bridgehead atoms. The number of guanidine groups is 1. The van der Waals surface area contributed by atoms with Gasteiger partial charge in [0.1, 0.15) is 0 Å². The quantitative estimate of drug-likeness (QED) is 0.336. The maximum Gasteiger partial charge on any atom is 0.241 e. The average molecular weight is 488 g/mol. The number of rotatable bonds is 8. The topological polar surface area (TPSA) is 66.0 Å². The number of amides is 1. The predicted octanol–water partition coefficient (Wildman–Crippen LogP) is 2.91. The molecule has 6 nitrogen and oxygen atoms in total. The lowest BCUT2D eigenvalue weighted by Gasteiger charge is -2.17. The molecule has 1 heterocycles. The van der Waals surface area contributed by atoms with Gasteiger partial charge >= 0.3 is 0 Å². The van der Waals surface area contributed by atoms with Crippen molar-refractivity contribution in [2.24, 2.45) is 4.99 Å². The van der Waals surface area contributed by atoms with Crippen LogP contribution >= 0.6 is 24.0 Å². The van der Waals surface area contributed by atoms with Crippen molar-refractivity contribution in [3.05, 3.63) is 35.4 Å². The number of carbonyl (C=O) groups is 1. The van der Waals surface area contributed by atoms with Crippen molar-refractivity contribution < 1.29 is 9.53 Å². The molecule has 0 aromatic heterocycles. The van der Waals surface area contributed by atoms with Gasteiger partial charge in [0.2, 0.25) is 5.91 Å². The van der Waals surface area contributed by atoms with E-state index < -0.39 is 0 Å². The van der Waals surface area contributed by atoms with Gasteiger partial charge in [0, 0.05) is 19.6 Å². The Morgan fingerprint density at radius 2 is 1.93 bits per heavy atom. The molecule has 0 saturated carbocycles. The maximum absolute atomic E-state index is 12.2. The van der Waals surface area contributed by atoms with Crippen molar-refractivity contribution in [3.8, 4) is 0 Å². The van der Waals surface area contributed by atoms with Crippen LogP contribution in [0.25, 0.3) is 0 Å². The number of ether oxygens (including phenoxy) is 1. The molecule has 2 rings (SSSR count). The SMILES string of the molecule is CCNC(=NCc1cccc(COC(C)C)c1)NCC(=O)N1CCCC1.I. The van der Waals surface area contributed by atoms with Crippen LogP contribution in [0.15, 0.2) is 29.3 Å². The van der Waals surface area contributed by atoms with Crippen molar-refractivity contribution in [1.29, 1.82) is 0 Å². The molecule has 1 amide bonds. The zero-order valence-corrected chi connectivity index (χ0v) is 19.0. The minimum Gasteiger partial charge on any atom is -0.374 e. The van der Waals surface area contributed by atoms with Gasteiger partial charge in [-0.05, 0) is 44.7 Å². The summed E-state index contributed by atoms with van der Waals surface area (Å²) in [6.45, 7) is 10.0. The Bertz CT molecular complexity index is 601. The molecule has 0 spiro atoms. The van der Waals surface area contributed by atoms with Gasteiger partial charge < -0.3 is 20.3 Å². The van der Waals surface area contributed by atoms with Crippen LogP contribution in [0.2, 0.25) is 0 Å². The summed E-state index contributed by atoms with van der Waals surface area (Å²) in [5.41, 5.74) is 2.27. The second-order valence-electron chi connectivity index (χ2n) is 6.82. The van der Waals surface area contributed by atoms with E-state index in [1.165, 1.54) is 0 Å². The van der Waals surface area contributed by atoms with E-state index in [-0.39, 0.29) is 42.5 Å². The van der Waals surface area contributed by atoms with Gasteiger partial charge in [-0.3, -0.25) is 4.79 Å². The third-order valence-electron chi connectivity index (χ3n) is 4.20. The fourth-order valence-corrected chi connectivity index (χ4v) is 2.83. The molecule has 1 saturated heterocycles. The Hall–Kier alpha value is -1.35. The maximum atomic E-state index is 12.2. The highest BCUT2D eigenvalue weighted by atomic mass is 127. The molecule has 1 aliphatic heterocycles. The van der Waals surface area contributed by atoms with Crippen molar-refractivity contribution in [2.75, 3.05) is 26.2 Å². The number of nitrogens with one attached hydrogen (secondary N) is 2. The number of likely N-dealkylation sites (tertiary alicyclic amines) is 1. The number of hydrogen-bond acceptors (Lipinski definition) is 3. The van der Waals surface area contributed by atoms with Crippen LogP contribution in [0.5, 0.6) is 0 Å². The molecule has 1 aliphatic rings. The Balaban J connectivity index is 0.00000364. The lowest BCUT2D eigenvalue weighted by molar-refractivity contribution is -0.128. The largest absolute Gasteiger partial charge is 0.374 e. The normalized spacial score (nSPS) is 14.2. The van der Waals surface area contributed by atoms with Gasteiger partial charge in [-0.2, -0.15) is 0 Å². The molecule has 0 radical (unpaired) electrons. The lowest BCUT2D eigenvalue weighted by atomic mass is 10.1. The first-order valence-corrected chi connectivity index (χ1v) is 9.58. The highest BCUT2D eigenvalue weighted by Crippen LogP contribution is 2.09. The average Bonchev–Trinajstić information content (AvgIpc) is 3.17. The predicted molar refractivity (Wildman–Crippen MR) is 120 cm³/mol. The number of benzene rings is 1. The Morgan fingerprint density at radius 1 is 1.22 bits per heavy atom. The van der Waals surface area contributed by atoms with E-state index in [1.807, 2.05) is 31.7 Å². The molecule has 1 fully saturated rings. The first-order valence-electron chi connectivity index (χ1n) is 9.58. The van der Waals surface area contributed by atoms with Gasteiger partial charge in [0.25, 0.3) is 0 Å². The first kappa shape index (κ1) is 23.7. The third-order valence-corrected chi connectivity index (χ3v) is 4.20. The van der Waals surface area contributed by atoms with Crippen LogP contribution in [0.1, 0.15) is 44.7 Å². The molecular weight excluding hydrogens is 455 g/mol. The van der Waals surface area contributed by atoms with E-state index in [9.17, 15) is 4.79 Å². The van der Waals surface area contributed by atoms with Gasteiger partial charge in [-0.1, -0.05) is 24.3 Å². The van der Waals surface area contributed by atoms with Crippen LogP contribution in [-0.4, -0.2) is 49.0 Å². The summed E-state index contributed by atoms with van der Waals surface area (Å²) in [7, 11) is 0. The number of aliphatic imine (C=N–C) groups is 1. The fourth-order valence-electron chi connectivity index (χ4n) is 2.83. The summed E-state index contributed by atoms with van der Waals surface area (Å²) in [6, 6.07) is 8.26. The van der Waals surface area contributed by atoms with Gasteiger partial charge in [-0.25, -0.2) is 4.99 Å². The van der Waals surface area contributed by atoms with Crippen LogP contribution in [-0.2, 0) is 22.7 Å². The second-order valence-corrected chi connectivity index (χ2v) is 6.82. The highest BCUT2D eigenvalue weighted by molar-refractivity contribution is 14.0. The minimum absolute atomic E-state index is 0. The zero-order chi connectivity index (χ0) is 18.8. The molecule has 0 atom stereocenters. The van der Waals surface area contributed by atoms with E-state index in [0.29, 0.717) is 19.1 Å². The van der Waals surface area contributed by atoms with Gasteiger partial charge in [0.15, 0.2) is 5.96 Å². The van der Waals surface area contributed by atoms with Crippen LogP contribution in [0.3, 0.4) is 0 Å². The molecular formula is C20H33IN4O2. The summed E-state index contributed by atoms with van der Waals surface area (Å²) in [5.74, 6) is 0.810. The standard InChI is InChI=1S/C20H32N4O2.HI/c1-4-21-20(23-14-19(25)24-10-5-6-11-24)22-13-17-8-7-9-18(12-17)15-26-16(2)3;/h7-9,12,16H,4-6,10-11,13-15H2,1-3H3,(H2,21,22,23);1H. The van der Waals surface area contributed by atoms with Gasteiger partial charge in [0.05, 0.1) is 25.8 Å². The molecule has 1 aromatic rings. The molecule has 152 valence electrons. The summed E-state index contributed by atoms with van der Waals surface area (Å²) < 4.78 is 5.66. The third kappa shape index (κ3) is 8.92. The minimum atomic E-state index is 0. The monoisotopic (exact) mass is 488 g/mol. The van der Waals surface area contributed by atoms with Crippen molar-refractivity contribution in [2.45, 2.75) is 52.9 Å². The molecule has 0 aliphatic carbocycles. The smallest absolute Gasteiger partial charge is 0.241 e. The van der Waals surface area contributed by atoms with Crippen molar-refractivity contribution in [1.82, 2.24) is 15.5 Å². The van der Waals surface area contributed by atoms with Crippen LogP contribution < -0.4 is 10.6 Å². The van der Waals surface area contributed by atoms with E-state index in [1.54, 1.807) is 0 Å². The van der Waals surface area contributed by atoms with E-state index >= 15 is 0 Å². The molecule has 7 heteroatoms.